The first-order valence-electron chi connectivity index (χ1n) is 9.27. The van der Waals surface area contributed by atoms with E-state index in [1.165, 1.54) is 10.5 Å². The Morgan fingerprint density at radius 1 is 0.963 bits per heavy atom. The summed E-state index contributed by atoms with van der Waals surface area (Å²) in [7, 11) is 0. The molecule has 1 atom stereocenters. The molecule has 2 aliphatic heterocycles. The molecule has 1 unspecified atom stereocenters. The maximum Gasteiger partial charge on any atom is 0.236 e. The van der Waals surface area contributed by atoms with Gasteiger partial charge in [0.25, 0.3) is 0 Å². The topological polar surface area (TPSA) is 49.3 Å². The van der Waals surface area contributed by atoms with Crippen LogP contribution in [0.25, 0.3) is 10.9 Å². The van der Waals surface area contributed by atoms with E-state index >= 15 is 0 Å². The normalized spacial score (nSPS) is 19.3. The molecule has 1 saturated heterocycles. The molecule has 136 valence electrons. The quantitative estimate of drug-likeness (QED) is 0.688. The van der Waals surface area contributed by atoms with Gasteiger partial charge in [-0.25, -0.2) is 9.97 Å². The van der Waals surface area contributed by atoms with Gasteiger partial charge in [0.05, 0.1) is 10.8 Å². The van der Waals surface area contributed by atoms with Gasteiger partial charge < -0.3 is 9.80 Å². The van der Waals surface area contributed by atoms with Crippen molar-refractivity contribution in [2.45, 2.75) is 16.6 Å². The highest BCUT2D eigenvalue weighted by Gasteiger charge is 2.33. The second kappa shape index (κ2) is 6.85. The summed E-state index contributed by atoms with van der Waals surface area (Å²) in [5.41, 5.74) is 2.26. The zero-order valence-electron chi connectivity index (χ0n) is 14.9. The second-order valence-corrected chi connectivity index (χ2v) is 8.19. The molecule has 1 fully saturated rings. The van der Waals surface area contributed by atoms with Crippen molar-refractivity contribution >= 4 is 34.4 Å². The number of benzene rings is 2. The van der Waals surface area contributed by atoms with Crippen LogP contribution in [0.2, 0.25) is 0 Å². The standard InChI is InChI=1S/C21H20N4OS/c26-21(19-13-15-5-1-4-8-18(15)27-19)25-11-9-24(10-12-25)20-16-6-2-3-7-17(16)22-14-23-20/h1-8,14,19H,9-13H2. The minimum atomic E-state index is 0.0221. The molecule has 0 N–H and O–H groups in total. The summed E-state index contributed by atoms with van der Waals surface area (Å²) in [6, 6.07) is 16.4. The number of carbonyl (C=O) groups is 1. The van der Waals surface area contributed by atoms with Crippen LogP contribution in [0.1, 0.15) is 5.56 Å². The molecule has 0 spiro atoms. The summed E-state index contributed by atoms with van der Waals surface area (Å²) in [5.74, 6) is 1.23. The lowest BCUT2D eigenvalue weighted by Gasteiger charge is -2.36. The van der Waals surface area contributed by atoms with E-state index < -0.39 is 0 Å². The molecule has 0 bridgehead atoms. The minimum Gasteiger partial charge on any atom is -0.352 e. The lowest BCUT2D eigenvalue weighted by atomic mass is 10.1. The first-order chi connectivity index (χ1) is 13.3. The summed E-state index contributed by atoms with van der Waals surface area (Å²) < 4.78 is 0. The third-order valence-electron chi connectivity index (χ3n) is 5.34. The van der Waals surface area contributed by atoms with Crippen molar-refractivity contribution in [1.29, 1.82) is 0 Å². The van der Waals surface area contributed by atoms with Crippen molar-refractivity contribution in [2.24, 2.45) is 0 Å². The van der Waals surface area contributed by atoms with Crippen LogP contribution >= 0.6 is 11.8 Å². The molecule has 0 radical (unpaired) electrons. The smallest absolute Gasteiger partial charge is 0.236 e. The highest BCUT2D eigenvalue weighted by atomic mass is 32.2. The van der Waals surface area contributed by atoms with E-state index in [9.17, 15) is 4.79 Å². The van der Waals surface area contributed by atoms with E-state index in [-0.39, 0.29) is 11.2 Å². The fourth-order valence-electron chi connectivity index (χ4n) is 3.90. The van der Waals surface area contributed by atoms with Crippen LogP contribution in [0.4, 0.5) is 5.82 Å². The highest BCUT2D eigenvalue weighted by molar-refractivity contribution is 8.01. The number of rotatable bonds is 2. The van der Waals surface area contributed by atoms with Crippen LogP contribution in [0.15, 0.2) is 59.8 Å². The number of carbonyl (C=O) groups excluding carboxylic acids is 1. The predicted octanol–water partition coefficient (Wildman–Crippen LogP) is 3.00. The summed E-state index contributed by atoms with van der Waals surface area (Å²) >= 11 is 1.71. The van der Waals surface area contributed by atoms with Crippen molar-refractivity contribution in [3.05, 3.63) is 60.4 Å². The number of aromatic nitrogens is 2. The van der Waals surface area contributed by atoms with Gasteiger partial charge in [-0.3, -0.25) is 4.79 Å². The number of piperazine rings is 1. The number of hydrogen-bond donors (Lipinski definition) is 0. The number of hydrogen-bond acceptors (Lipinski definition) is 5. The molecular weight excluding hydrogens is 356 g/mol. The Morgan fingerprint density at radius 3 is 2.59 bits per heavy atom. The minimum absolute atomic E-state index is 0.0221. The molecule has 0 saturated carbocycles. The van der Waals surface area contributed by atoms with E-state index in [1.54, 1.807) is 18.1 Å². The Morgan fingerprint density at radius 2 is 1.74 bits per heavy atom. The van der Waals surface area contributed by atoms with E-state index in [1.807, 2.05) is 29.2 Å². The van der Waals surface area contributed by atoms with Crippen LogP contribution in [0, 0.1) is 0 Å². The van der Waals surface area contributed by atoms with Crippen LogP contribution in [-0.4, -0.2) is 52.2 Å². The summed E-state index contributed by atoms with van der Waals surface area (Å²) in [4.78, 5) is 27.4. The van der Waals surface area contributed by atoms with Crippen LogP contribution in [-0.2, 0) is 11.2 Å². The highest BCUT2D eigenvalue weighted by Crippen LogP contribution is 2.37. The summed E-state index contributed by atoms with van der Waals surface area (Å²) in [5, 5.41) is 1.09. The Hall–Kier alpha value is -2.60. The lowest BCUT2D eigenvalue weighted by Crippen LogP contribution is -2.51. The Kier molecular flexibility index (Phi) is 4.20. The van der Waals surface area contributed by atoms with Crippen molar-refractivity contribution in [3.63, 3.8) is 0 Å². The molecule has 3 heterocycles. The average molecular weight is 376 g/mol. The van der Waals surface area contributed by atoms with Gasteiger partial charge in [0.15, 0.2) is 0 Å². The first kappa shape index (κ1) is 16.6. The zero-order valence-corrected chi connectivity index (χ0v) is 15.7. The van der Waals surface area contributed by atoms with Gasteiger partial charge in [-0.05, 0) is 30.2 Å². The molecule has 5 rings (SSSR count). The number of nitrogens with zero attached hydrogens (tertiary/aromatic N) is 4. The molecule has 3 aromatic rings. The molecule has 2 aromatic carbocycles. The average Bonchev–Trinajstić information content (AvgIpc) is 3.17. The zero-order chi connectivity index (χ0) is 18.2. The first-order valence-corrected chi connectivity index (χ1v) is 10.2. The van der Waals surface area contributed by atoms with Crippen molar-refractivity contribution < 1.29 is 4.79 Å². The van der Waals surface area contributed by atoms with Gasteiger partial charge in [-0.2, -0.15) is 0 Å². The molecule has 1 aromatic heterocycles. The van der Waals surface area contributed by atoms with Crippen molar-refractivity contribution in [2.75, 3.05) is 31.1 Å². The maximum absolute atomic E-state index is 13.0. The van der Waals surface area contributed by atoms with Gasteiger partial charge in [-0.1, -0.05) is 30.3 Å². The third-order valence-corrected chi connectivity index (χ3v) is 6.64. The van der Waals surface area contributed by atoms with Crippen molar-refractivity contribution in [3.8, 4) is 0 Å². The van der Waals surface area contributed by atoms with Gasteiger partial charge in [0.1, 0.15) is 12.1 Å². The fraction of sp³-hybridized carbons (Fsp3) is 0.286. The number of fused-ring (bicyclic) bond motifs is 2. The molecular formula is C21H20N4OS. The Labute approximate surface area is 162 Å². The molecule has 6 heteroatoms. The van der Waals surface area contributed by atoms with E-state index in [4.69, 9.17) is 0 Å². The van der Waals surface area contributed by atoms with E-state index in [0.29, 0.717) is 0 Å². The van der Waals surface area contributed by atoms with Crippen LogP contribution in [0.3, 0.4) is 0 Å². The molecule has 5 nitrogen and oxygen atoms in total. The van der Waals surface area contributed by atoms with Gasteiger partial charge in [0, 0.05) is 36.5 Å². The largest absolute Gasteiger partial charge is 0.352 e. The number of anilines is 1. The van der Waals surface area contributed by atoms with Crippen LogP contribution < -0.4 is 4.90 Å². The molecule has 0 aliphatic carbocycles. The maximum atomic E-state index is 13.0. The monoisotopic (exact) mass is 376 g/mol. The van der Waals surface area contributed by atoms with Gasteiger partial charge in [0.2, 0.25) is 5.91 Å². The summed E-state index contributed by atoms with van der Waals surface area (Å²) in [6.07, 6.45) is 2.47. The third kappa shape index (κ3) is 3.04. The second-order valence-electron chi connectivity index (χ2n) is 6.95. The molecule has 2 aliphatic rings. The lowest BCUT2D eigenvalue weighted by molar-refractivity contribution is -0.130. The molecule has 1 amide bonds. The number of amides is 1. The van der Waals surface area contributed by atoms with Crippen LogP contribution in [0.5, 0.6) is 0 Å². The number of para-hydroxylation sites is 1. The Bertz CT molecular complexity index is 970. The van der Waals surface area contributed by atoms with E-state index in [2.05, 4.69) is 39.1 Å². The summed E-state index contributed by atoms with van der Waals surface area (Å²) in [6.45, 7) is 3.09. The van der Waals surface area contributed by atoms with Gasteiger partial charge >= 0.3 is 0 Å². The fourth-order valence-corrected chi connectivity index (χ4v) is 5.18. The molecule has 27 heavy (non-hydrogen) atoms. The predicted molar refractivity (Wildman–Crippen MR) is 108 cm³/mol. The van der Waals surface area contributed by atoms with E-state index in [0.717, 1.165) is 49.3 Å². The van der Waals surface area contributed by atoms with Gasteiger partial charge in [-0.15, -0.1) is 11.8 Å². The SMILES string of the molecule is O=C(C1Cc2ccccc2S1)N1CCN(c2ncnc3ccccc23)CC1. The Balaban J connectivity index is 1.27. The van der Waals surface area contributed by atoms with Crippen molar-refractivity contribution in [1.82, 2.24) is 14.9 Å². The number of thioether (sulfide) groups is 1.